The molecule has 0 bridgehead atoms. The van der Waals surface area contributed by atoms with E-state index in [-0.39, 0.29) is 35.8 Å². The van der Waals surface area contributed by atoms with Crippen LogP contribution in [0.3, 0.4) is 0 Å². The molecule has 2 N–H and O–H groups in total. The highest BCUT2D eigenvalue weighted by molar-refractivity contribution is 14.0. The predicted molar refractivity (Wildman–Crippen MR) is 137 cm³/mol. The Balaban J connectivity index is 0.00000320. The van der Waals surface area contributed by atoms with Crippen LogP contribution >= 0.6 is 47.1 Å². The van der Waals surface area contributed by atoms with Gasteiger partial charge in [-0.3, -0.25) is 9.89 Å². The number of guanidine groups is 1. The zero-order valence-corrected chi connectivity index (χ0v) is 21.4. The first kappa shape index (κ1) is 25.4. The molecule has 1 fully saturated rings. The first-order chi connectivity index (χ1) is 14.2. The Morgan fingerprint density at radius 3 is 2.73 bits per heavy atom. The van der Waals surface area contributed by atoms with Crippen LogP contribution in [-0.2, 0) is 17.0 Å². The summed E-state index contributed by atoms with van der Waals surface area (Å²) in [6.45, 7) is 4.79. The van der Waals surface area contributed by atoms with E-state index in [0.29, 0.717) is 6.54 Å². The standard InChI is InChI=1S/C21H29FN4OS2.HI/c1-23-21(24-13-16-5-6-18(22)12-17(16)15-28-2)25-14-19(20-4-3-11-29-20)26-7-9-27-10-8-26;/h3-6,11-12,19H,7-10,13-15H2,1-2H3,(H2,23,24,25);1H. The lowest BCUT2D eigenvalue weighted by Gasteiger charge is -2.34. The zero-order chi connectivity index (χ0) is 20.5. The van der Waals surface area contributed by atoms with E-state index in [1.165, 1.54) is 10.9 Å². The topological polar surface area (TPSA) is 48.9 Å². The maximum atomic E-state index is 13.6. The molecule has 2 heterocycles. The minimum absolute atomic E-state index is 0. The number of hydrogen-bond donors (Lipinski definition) is 2. The van der Waals surface area contributed by atoms with Gasteiger partial charge in [-0.05, 0) is 41.0 Å². The number of morpholine rings is 1. The van der Waals surface area contributed by atoms with Crippen LogP contribution in [0.25, 0.3) is 0 Å². The lowest BCUT2D eigenvalue weighted by Crippen LogP contribution is -2.46. The average Bonchev–Trinajstić information content (AvgIpc) is 3.27. The number of nitrogens with zero attached hydrogens (tertiary/aromatic N) is 2. The summed E-state index contributed by atoms with van der Waals surface area (Å²) in [5.74, 6) is 1.35. The van der Waals surface area contributed by atoms with Gasteiger partial charge in [-0.1, -0.05) is 12.1 Å². The summed E-state index contributed by atoms with van der Waals surface area (Å²) >= 11 is 3.47. The van der Waals surface area contributed by atoms with Gasteiger partial charge in [-0.15, -0.1) is 35.3 Å². The molecule has 0 spiro atoms. The van der Waals surface area contributed by atoms with Gasteiger partial charge in [0, 0.05) is 43.9 Å². The molecule has 0 saturated carbocycles. The second-order valence-electron chi connectivity index (χ2n) is 6.83. The van der Waals surface area contributed by atoms with E-state index >= 15 is 0 Å². The van der Waals surface area contributed by atoms with E-state index in [1.54, 1.807) is 36.2 Å². The van der Waals surface area contributed by atoms with E-state index in [2.05, 4.69) is 38.0 Å². The van der Waals surface area contributed by atoms with Gasteiger partial charge in [0.05, 0.1) is 19.3 Å². The summed E-state index contributed by atoms with van der Waals surface area (Å²) in [6.07, 6.45) is 2.03. The maximum Gasteiger partial charge on any atom is 0.191 e. The highest BCUT2D eigenvalue weighted by Crippen LogP contribution is 2.25. The molecule has 1 unspecified atom stereocenters. The molecule has 3 rings (SSSR count). The summed E-state index contributed by atoms with van der Waals surface area (Å²) in [7, 11) is 1.78. The highest BCUT2D eigenvalue weighted by Gasteiger charge is 2.23. The number of aliphatic imine (C=N–C) groups is 1. The molecule has 166 valence electrons. The molecule has 1 aliphatic rings. The number of ether oxygens (including phenoxy) is 1. The molecule has 0 radical (unpaired) electrons. The van der Waals surface area contributed by atoms with Gasteiger partial charge >= 0.3 is 0 Å². The molecular formula is C21H30FIN4OS2. The third-order valence-corrected chi connectivity index (χ3v) is 6.53. The predicted octanol–water partition coefficient (Wildman–Crippen LogP) is 4.11. The fraction of sp³-hybridized carbons (Fsp3) is 0.476. The third kappa shape index (κ3) is 7.37. The lowest BCUT2D eigenvalue weighted by molar-refractivity contribution is 0.0177. The molecule has 0 amide bonds. The van der Waals surface area contributed by atoms with Gasteiger partial charge in [-0.2, -0.15) is 11.8 Å². The third-order valence-electron chi connectivity index (χ3n) is 4.96. The van der Waals surface area contributed by atoms with Gasteiger partial charge in [0.25, 0.3) is 0 Å². The minimum Gasteiger partial charge on any atom is -0.379 e. The Morgan fingerprint density at radius 1 is 1.27 bits per heavy atom. The SMILES string of the molecule is CN=C(NCc1ccc(F)cc1CSC)NCC(c1cccs1)N1CCOCC1.I. The number of rotatable bonds is 8. The van der Waals surface area contributed by atoms with Crippen molar-refractivity contribution in [3.8, 4) is 0 Å². The number of nitrogens with one attached hydrogen (secondary N) is 2. The highest BCUT2D eigenvalue weighted by atomic mass is 127. The summed E-state index contributed by atoms with van der Waals surface area (Å²) < 4.78 is 19.1. The van der Waals surface area contributed by atoms with Crippen LogP contribution in [-0.4, -0.2) is 57.0 Å². The van der Waals surface area contributed by atoms with Crippen molar-refractivity contribution in [2.45, 2.75) is 18.3 Å². The summed E-state index contributed by atoms with van der Waals surface area (Å²) in [5.41, 5.74) is 2.11. The van der Waals surface area contributed by atoms with Crippen LogP contribution in [0.4, 0.5) is 4.39 Å². The van der Waals surface area contributed by atoms with Gasteiger partial charge in [0.15, 0.2) is 5.96 Å². The minimum atomic E-state index is -0.190. The van der Waals surface area contributed by atoms with E-state index in [4.69, 9.17) is 4.74 Å². The Labute approximate surface area is 203 Å². The van der Waals surface area contributed by atoms with Gasteiger partial charge in [0.1, 0.15) is 5.82 Å². The quantitative estimate of drug-likeness (QED) is 0.287. The number of hydrogen-bond acceptors (Lipinski definition) is 5. The number of halogens is 2. The van der Waals surface area contributed by atoms with Crippen LogP contribution in [0.15, 0.2) is 40.7 Å². The van der Waals surface area contributed by atoms with E-state index < -0.39 is 0 Å². The summed E-state index contributed by atoms with van der Waals surface area (Å²) in [6, 6.07) is 9.56. The molecule has 1 aliphatic heterocycles. The van der Waals surface area contributed by atoms with Crippen LogP contribution in [0.5, 0.6) is 0 Å². The van der Waals surface area contributed by atoms with E-state index in [0.717, 1.165) is 55.7 Å². The monoisotopic (exact) mass is 564 g/mol. The molecule has 1 atom stereocenters. The Kier molecular flexibility index (Phi) is 11.4. The van der Waals surface area contributed by atoms with Crippen LogP contribution in [0, 0.1) is 5.82 Å². The smallest absolute Gasteiger partial charge is 0.191 e. The maximum absolute atomic E-state index is 13.6. The van der Waals surface area contributed by atoms with Gasteiger partial charge < -0.3 is 15.4 Å². The first-order valence-corrected chi connectivity index (χ1v) is 12.0. The van der Waals surface area contributed by atoms with Crippen molar-refractivity contribution in [2.75, 3.05) is 46.2 Å². The molecule has 5 nitrogen and oxygen atoms in total. The molecule has 9 heteroatoms. The van der Waals surface area contributed by atoms with E-state index in [9.17, 15) is 4.39 Å². The summed E-state index contributed by atoms with van der Waals surface area (Å²) in [5, 5.41) is 8.97. The molecule has 2 aromatic rings. The van der Waals surface area contributed by atoms with Crippen molar-refractivity contribution in [2.24, 2.45) is 4.99 Å². The first-order valence-electron chi connectivity index (χ1n) is 9.77. The second kappa shape index (κ2) is 13.5. The zero-order valence-electron chi connectivity index (χ0n) is 17.4. The van der Waals surface area contributed by atoms with Crippen LogP contribution < -0.4 is 10.6 Å². The Hall–Kier alpha value is -0.880. The number of benzene rings is 1. The fourth-order valence-corrected chi connectivity index (χ4v) is 4.87. The molecule has 1 aromatic heterocycles. The van der Waals surface area contributed by atoms with Crippen molar-refractivity contribution in [1.29, 1.82) is 0 Å². The van der Waals surface area contributed by atoms with Crippen molar-refractivity contribution in [3.05, 3.63) is 57.5 Å². The van der Waals surface area contributed by atoms with Gasteiger partial charge in [-0.25, -0.2) is 4.39 Å². The molecule has 0 aliphatic carbocycles. The molecule has 30 heavy (non-hydrogen) atoms. The molecule has 1 aromatic carbocycles. The van der Waals surface area contributed by atoms with Crippen molar-refractivity contribution in [3.63, 3.8) is 0 Å². The second-order valence-corrected chi connectivity index (χ2v) is 8.68. The Bertz CT molecular complexity index is 785. The molecule has 1 saturated heterocycles. The largest absolute Gasteiger partial charge is 0.379 e. The van der Waals surface area contributed by atoms with Crippen molar-refractivity contribution < 1.29 is 9.13 Å². The number of thiophene rings is 1. The fourth-order valence-electron chi connectivity index (χ4n) is 3.43. The average molecular weight is 565 g/mol. The number of thioether (sulfide) groups is 1. The van der Waals surface area contributed by atoms with Crippen molar-refractivity contribution >= 4 is 53.0 Å². The Morgan fingerprint density at radius 2 is 2.07 bits per heavy atom. The molecular weight excluding hydrogens is 534 g/mol. The lowest BCUT2D eigenvalue weighted by atomic mass is 10.1. The normalized spacial score (nSPS) is 16.0. The van der Waals surface area contributed by atoms with Crippen LogP contribution in [0.2, 0.25) is 0 Å². The van der Waals surface area contributed by atoms with Crippen LogP contribution in [0.1, 0.15) is 22.0 Å². The van der Waals surface area contributed by atoms with Crippen molar-refractivity contribution in [1.82, 2.24) is 15.5 Å². The summed E-state index contributed by atoms with van der Waals surface area (Å²) in [4.78, 5) is 8.18. The van der Waals surface area contributed by atoms with E-state index in [1.807, 2.05) is 12.3 Å². The van der Waals surface area contributed by atoms with Gasteiger partial charge in [0.2, 0.25) is 0 Å².